The van der Waals surface area contributed by atoms with E-state index in [1.807, 2.05) is 0 Å². The van der Waals surface area contributed by atoms with E-state index < -0.39 is 19.2 Å². The Morgan fingerprint density at radius 2 is 2.21 bits per heavy atom. The van der Waals surface area contributed by atoms with Gasteiger partial charge in [-0.3, -0.25) is 4.79 Å². The number of rotatable bonds is 2. The highest BCUT2D eigenvalue weighted by Crippen LogP contribution is 2.25. The molecular weight excluding hydrogens is 183 g/mol. The largest absolute Gasteiger partial charge is 0.491 e. The third kappa shape index (κ3) is 1.52. The highest BCUT2D eigenvalue weighted by atomic mass is 16.5. The smallest absolute Gasteiger partial charge is 0.481 e. The van der Waals surface area contributed by atoms with Crippen molar-refractivity contribution in [3.05, 3.63) is 29.8 Å². The van der Waals surface area contributed by atoms with Crippen molar-refractivity contribution in [2.75, 3.05) is 0 Å². The monoisotopic (exact) mass is 192 g/mol. The Balaban J connectivity index is 2.29. The Morgan fingerprint density at radius 3 is 2.93 bits per heavy atom. The van der Waals surface area contributed by atoms with Crippen LogP contribution in [0, 0.1) is 0 Å². The van der Waals surface area contributed by atoms with Crippen molar-refractivity contribution in [3.63, 3.8) is 0 Å². The number of aliphatic carboxylic acids is 1. The molecule has 1 aromatic rings. The van der Waals surface area contributed by atoms with Crippen LogP contribution in [0.4, 0.5) is 0 Å². The predicted octanol–water partition coefficient (Wildman–Crippen LogP) is -0.0799. The molecule has 1 atom stereocenters. The van der Waals surface area contributed by atoms with E-state index >= 15 is 0 Å². The number of benzene rings is 1. The first-order chi connectivity index (χ1) is 6.68. The summed E-state index contributed by atoms with van der Waals surface area (Å²) in [6.45, 7) is 0. The van der Waals surface area contributed by atoms with Crippen LogP contribution in [-0.4, -0.2) is 23.2 Å². The molecule has 14 heavy (non-hydrogen) atoms. The van der Waals surface area contributed by atoms with Gasteiger partial charge in [0.05, 0.1) is 12.5 Å². The Hall–Kier alpha value is -1.33. The summed E-state index contributed by atoms with van der Waals surface area (Å²) >= 11 is 0. The molecule has 1 aliphatic heterocycles. The van der Waals surface area contributed by atoms with E-state index in [2.05, 4.69) is 0 Å². The quantitative estimate of drug-likeness (QED) is 0.643. The summed E-state index contributed by atoms with van der Waals surface area (Å²) in [5.41, 5.74) is 1.43. The van der Waals surface area contributed by atoms with Crippen LogP contribution in [0.5, 0.6) is 0 Å². The van der Waals surface area contributed by atoms with Gasteiger partial charge in [-0.2, -0.15) is 0 Å². The molecule has 2 rings (SSSR count). The van der Waals surface area contributed by atoms with E-state index in [0.717, 1.165) is 5.56 Å². The standard InChI is InChI=1S/C9H9BO4/c11-9(12)5-8-6-3-1-2-4-7(6)10(13)14-8/h1-4,8,13H,5H2,(H,11,12)/t8-/m1/s1. The summed E-state index contributed by atoms with van der Waals surface area (Å²) in [5, 5.41) is 18.1. The van der Waals surface area contributed by atoms with Gasteiger partial charge < -0.3 is 14.8 Å². The van der Waals surface area contributed by atoms with Crippen molar-refractivity contribution < 1.29 is 19.6 Å². The van der Waals surface area contributed by atoms with Crippen LogP contribution in [0.1, 0.15) is 18.1 Å². The van der Waals surface area contributed by atoms with Crippen LogP contribution in [-0.2, 0) is 9.45 Å². The number of fused-ring (bicyclic) bond motifs is 1. The second kappa shape index (κ2) is 3.44. The molecule has 0 aliphatic carbocycles. The van der Waals surface area contributed by atoms with Crippen LogP contribution >= 0.6 is 0 Å². The van der Waals surface area contributed by atoms with Gasteiger partial charge in [0.25, 0.3) is 0 Å². The van der Waals surface area contributed by atoms with E-state index in [1.54, 1.807) is 24.3 Å². The average Bonchev–Trinajstić information content (AvgIpc) is 2.44. The molecule has 0 fully saturated rings. The first-order valence-electron chi connectivity index (χ1n) is 4.32. The van der Waals surface area contributed by atoms with Gasteiger partial charge in [0.2, 0.25) is 0 Å². The van der Waals surface area contributed by atoms with E-state index in [9.17, 15) is 9.82 Å². The minimum atomic E-state index is -0.990. The number of hydrogen-bond donors (Lipinski definition) is 2. The van der Waals surface area contributed by atoms with Crippen LogP contribution < -0.4 is 5.46 Å². The van der Waals surface area contributed by atoms with Crippen molar-refractivity contribution in [2.24, 2.45) is 0 Å². The normalized spacial score (nSPS) is 19.5. The van der Waals surface area contributed by atoms with Gasteiger partial charge in [0.1, 0.15) is 0 Å². The third-order valence-corrected chi connectivity index (χ3v) is 2.26. The number of carbonyl (C=O) groups is 1. The van der Waals surface area contributed by atoms with E-state index in [0.29, 0.717) is 5.46 Å². The van der Waals surface area contributed by atoms with Crippen molar-refractivity contribution in [3.8, 4) is 0 Å². The molecule has 72 valence electrons. The summed E-state index contributed by atoms with van der Waals surface area (Å²) in [5.74, 6) is -0.932. The van der Waals surface area contributed by atoms with Gasteiger partial charge in [-0.25, -0.2) is 0 Å². The Kier molecular flexibility index (Phi) is 2.27. The lowest BCUT2D eigenvalue weighted by Gasteiger charge is -2.08. The maximum atomic E-state index is 10.5. The zero-order chi connectivity index (χ0) is 10.1. The maximum Gasteiger partial charge on any atom is 0.491 e. The van der Waals surface area contributed by atoms with Crippen LogP contribution in [0.3, 0.4) is 0 Å². The zero-order valence-electron chi connectivity index (χ0n) is 7.38. The van der Waals surface area contributed by atoms with Crippen LogP contribution in [0.25, 0.3) is 0 Å². The molecule has 1 heterocycles. The molecule has 2 N–H and O–H groups in total. The molecular formula is C9H9BO4. The van der Waals surface area contributed by atoms with Crippen molar-refractivity contribution >= 4 is 18.6 Å². The molecule has 0 radical (unpaired) electrons. The van der Waals surface area contributed by atoms with Crippen molar-refractivity contribution in [2.45, 2.75) is 12.5 Å². The first kappa shape index (κ1) is 9.24. The molecule has 0 saturated heterocycles. The number of hydrogen-bond acceptors (Lipinski definition) is 3. The zero-order valence-corrected chi connectivity index (χ0v) is 7.38. The van der Waals surface area contributed by atoms with Gasteiger partial charge in [0, 0.05) is 0 Å². The number of carboxylic acid groups (broad SMARTS) is 1. The molecule has 1 aliphatic rings. The minimum Gasteiger partial charge on any atom is -0.481 e. The molecule has 0 amide bonds. The van der Waals surface area contributed by atoms with E-state index in [-0.39, 0.29) is 6.42 Å². The molecule has 0 aromatic heterocycles. The van der Waals surface area contributed by atoms with Crippen molar-refractivity contribution in [1.82, 2.24) is 0 Å². The van der Waals surface area contributed by atoms with E-state index in [4.69, 9.17) is 9.76 Å². The average molecular weight is 192 g/mol. The SMILES string of the molecule is O=C(O)C[C@H]1OB(O)c2ccccc21. The molecule has 0 saturated carbocycles. The maximum absolute atomic E-state index is 10.5. The van der Waals surface area contributed by atoms with Gasteiger partial charge in [-0.15, -0.1) is 0 Å². The van der Waals surface area contributed by atoms with Gasteiger partial charge in [0.15, 0.2) is 0 Å². The van der Waals surface area contributed by atoms with Crippen LogP contribution in [0.2, 0.25) is 0 Å². The van der Waals surface area contributed by atoms with Crippen molar-refractivity contribution in [1.29, 1.82) is 0 Å². The fourth-order valence-electron chi connectivity index (χ4n) is 1.65. The molecule has 0 unspecified atom stereocenters. The van der Waals surface area contributed by atoms with Gasteiger partial charge in [-0.05, 0) is 11.0 Å². The summed E-state index contributed by atoms with van der Waals surface area (Å²) in [4.78, 5) is 10.5. The van der Waals surface area contributed by atoms with Gasteiger partial charge in [-0.1, -0.05) is 24.3 Å². The van der Waals surface area contributed by atoms with Crippen LogP contribution in [0.15, 0.2) is 24.3 Å². The Labute approximate surface area is 81.3 Å². The highest BCUT2D eigenvalue weighted by Gasteiger charge is 2.35. The molecule has 4 nitrogen and oxygen atoms in total. The fraction of sp³-hybridized carbons (Fsp3) is 0.222. The Bertz CT molecular complexity index is 366. The summed E-state index contributed by atoms with van der Waals surface area (Å²) < 4.78 is 5.12. The second-order valence-corrected chi connectivity index (χ2v) is 3.20. The third-order valence-electron chi connectivity index (χ3n) is 2.26. The number of carboxylic acids is 1. The van der Waals surface area contributed by atoms with Gasteiger partial charge >= 0.3 is 13.1 Å². The fourth-order valence-corrected chi connectivity index (χ4v) is 1.65. The molecule has 1 aromatic carbocycles. The lowest BCUT2D eigenvalue weighted by molar-refractivity contribution is -0.138. The predicted molar refractivity (Wildman–Crippen MR) is 50.1 cm³/mol. The lowest BCUT2D eigenvalue weighted by atomic mass is 9.79. The summed E-state index contributed by atoms with van der Waals surface area (Å²) in [7, 11) is -0.990. The molecule has 5 heteroatoms. The second-order valence-electron chi connectivity index (χ2n) is 3.20. The summed E-state index contributed by atoms with van der Waals surface area (Å²) in [6, 6.07) is 7.10. The minimum absolute atomic E-state index is 0.117. The summed E-state index contributed by atoms with van der Waals surface area (Å²) in [6.07, 6.45) is -0.646. The Morgan fingerprint density at radius 1 is 1.50 bits per heavy atom. The first-order valence-corrected chi connectivity index (χ1v) is 4.32. The molecule has 0 bridgehead atoms. The van der Waals surface area contributed by atoms with E-state index in [1.165, 1.54) is 0 Å². The topological polar surface area (TPSA) is 66.8 Å². The molecule has 0 spiro atoms. The lowest BCUT2D eigenvalue weighted by Crippen LogP contribution is -2.27. The highest BCUT2D eigenvalue weighted by molar-refractivity contribution is 6.61.